The maximum Gasteiger partial charge on any atom is 0.191 e. The van der Waals surface area contributed by atoms with Gasteiger partial charge in [-0.3, -0.25) is 0 Å². The third-order valence-corrected chi connectivity index (χ3v) is 4.49. The highest BCUT2D eigenvalue weighted by molar-refractivity contribution is 14.0. The molecule has 1 saturated heterocycles. The molecule has 0 aromatic heterocycles. The second kappa shape index (κ2) is 10.9. The summed E-state index contributed by atoms with van der Waals surface area (Å²) in [4.78, 5) is 8.69. The lowest BCUT2D eigenvalue weighted by atomic mass is 10.2. The fourth-order valence-electron chi connectivity index (χ4n) is 2.94. The molecule has 0 radical (unpaired) electrons. The fourth-order valence-corrected chi connectivity index (χ4v) is 2.94. The van der Waals surface area contributed by atoms with Crippen LogP contribution in [0.1, 0.15) is 0 Å². The van der Waals surface area contributed by atoms with Crippen molar-refractivity contribution in [2.75, 3.05) is 51.3 Å². The van der Waals surface area contributed by atoms with Crippen LogP contribution in [0.4, 0.5) is 10.1 Å². The molecule has 2 aromatic carbocycles. The molecule has 1 aliphatic rings. The van der Waals surface area contributed by atoms with Gasteiger partial charge in [0.2, 0.25) is 0 Å². The zero-order valence-electron chi connectivity index (χ0n) is 15.9. The van der Waals surface area contributed by atoms with Gasteiger partial charge >= 0.3 is 0 Å². The first-order chi connectivity index (χ1) is 13.2. The highest BCUT2D eigenvalue weighted by atomic mass is 127. The summed E-state index contributed by atoms with van der Waals surface area (Å²) in [6, 6.07) is 14.0. The van der Waals surface area contributed by atoms with E-state index < -0.39 is 0 Å². The normalized spacial score (nSPS) is 14.4. The van der Waals surface area contributed by atoms with Gasteiger partial charge in [0.1, 0.15) is 23.9 Å². The first-order valence-electron chi connectivity index (χ1n) is 8.98. The largest absolute Gasteiger partial charge is 0.497 e. The third kappa shape index (κ3) is 6.15. The maximum absolute atomic E-state index is 13.0. The van der Waals surface area contributed by atoms with Crippen LogP contribution >= 0.6 is 24.0 Å². The number of aliphatic imine (C=N–C) groups is 1. The SMILES string of the molecule is COc1ccc(OCCN=C(N)N2CCN(c3ccc(F)cc3)CC2)cc1.I. The van der Waals surface area contributed by atoms with Crippen molar-refractivity contribution in [2.45, 2.75) is 0 Å². The minimum Gasteiger partial charge on any atom is -0.497 e. The minimum atomic E-state index is -0.217. The smallest absolute Gasteiger partial charge is 0.191 e. The fraction of sp³-hybridized carbons (Fsp3) is 0.350. The van der Waals surface area contributed by atoms with Gasteiger partial charge in [0, 0.05) is 31.9 Å². The molecule has 3 rings (SSSR count). The van der Waals surface area contributed by atoms with Gasteiger partial charge in [-0.1, -0.05) is 0 Å². The summed E-state index contributed by atoms with van der Waals surface area (Å²) in [6.07, 6.45) is 0. The Morgan fingerprint density at radius 2 is 1.61 bits per heavy atom. The maximum atomic E-state index is 13.0. The predicted molar refractivity (Wildman–Crippen MR) is 121 cm³/mol. The van der Waals surface area contributed by atoms with Gasteiger partial charge < -0.3 is 25.0 Å². The molecule has 152 valence electrons. The molecule has 28 heavy (non-hydrogen) atoms. The Hall–Kier alpha value is -2.23. The van der Waals surface area contributed by atoms with Crippen molar-refractivity contribution in [1.82, 2.24) is 4.90 Å². The molecule has 0 bridgehead atoms. The summed E-state index contributed by atoms with van der Waals surface area (Å²) < 4.78 is 23.8. The van der Waals surface area contributed by atoms with Crippen LogP contribution < -0.4 is 20.1 Å². The number of piperazine rings is 1. The second-order valence-corrected chi connectivity index (χ2v) is 6.21. The van der Waals surface area contributed by atoms with Gasteiger partial charge in [0.25, 0.3) is 0 Å². The Balaban J connectivity index is 0.00000280. The Bertz CT molecular complexity index is 748. The number of ether oxygens (including phenoxy) is 2. The second-order valence-electron chi connectivity index (χ2n) is 6.21. The standard InChI is InChI=1S/C20H25FN4O2.HI/c1-26-18-6-8-19(9-7-18)27-15-10-23-20(22)25-13-11-24(12-14-25)17-4-2-16(21)3-5-17;/h2-9H,10-15H2,1H3,(H2,22,23);1H. The number of anilines is 1. The van der Waals surface area contributed by atoms with E-state index in [2.05, 4.69) is 14.8 Å². The lowest BCUT2D eigenvalue weighted by Gasteiger charge is -2.36. The van der Waals surface area contributed by atoms with Crippen molar-refractivity contribution in [3.8, 4) is 11.5 Å². The molecule has 0 atom stereocenters. The van der Waals surface area contributed by atoms with Gasteiger partial charge in [-0.2, -0.15) is 0 Å². The van der Waals surface area contributed by atoms with Crippen molar-refractivity contribution >= 4 is 35.6 Å². The van der Waals surface area contributed by atoms with Gasteiger partial charge in [-0.05, 0) is 48.5 Å². The molecule has 0 saturated carbocycles. The van der Waals surface area contributed by atoms with E-state index in [0.29, 0.717) is 19.1 Å². The van der Waals surface area contributed by atoms with Crippen LogP contribution in [0.25, 0.3) is 0 Å². The van der Waals surface area contributed by atoms with Crippen LogP contribution in [0.2, 0.25) is 0 Å². The zero-order chi connectivity index (χ0) is 19.1. The van der Waals surface area contributed by atoms with E-state index in [4.69, 9.17) is 15.2 Å². The number of halogens is 2. The monoisotopic (exact) mass is 500 g/mol. The highest BCUT2D eigenvalue weighted by Gasteiger charge is 2.18. The van der Waals surface area contributed by atoms with Crippen LogP contribution in [0.15, 0.2) is 53.5 Å². The summed E-state index contributed by atoms with van der Waals surface area (Å²) in [6.45, 7) is 4.17. The number of benzene rings is 2. The molecule has 0 spiro atoms. The van der Waals surface area contributed by atoms with E-state index in [1.807, 2.05) is 24.3 Å². The Morgan fingerprint density at radius 1 is 1.00 bits per heavy atom. The Morgan fingerprint density at radius 3 is 2.21 bits per heavy atom. The lowest BCUT2D eigenvalue weighted by molar-refractivity contribution is 0.325. The third-order valence-electron chi connectivity index (χ3n) is 4.49. The molecule has 2 aromatic rings. The first-order valence-corrected chi connectivity index (χ1v) is 8.98. The summed E-state index contributed by atoms with van der Waals surface area (Å²) in [5.74, 6) is 1.89. The topological polar surface area (TPSA) is 63.3 Å². The average Bonchev–Trinajstić information content (AvgIpc) is 2.72. The van der Waals surface area contributed by atoms with Gasteiger partial charge in [-0.15, -0.1) is 24.0 Å². The number of rotatable bonds is 6. The molecule has 1 fully saturated rings. The van der Waals surface area contributed by atoms with E-state index in [1.165, 1.54) is 12.1 Å². The molecule has 1 aliphatic heterocycles. The van der Waals surface area contributed by atoms with Crippen LogP contribution in [0.3, 0.4) is 0 Å². The van der Waals surface area contributed by atoms with E-state index in [0.717, 1.165) is 43.4 Å². The highest BCUT2D eigenvalue weighted by Crippen LogP contribution is 2.18. The van der Waals surface area contributed by atoms with Crippen LogP contribution in [0, 0.1) is 5.82 Å². The van der Waals surface area contributed by atoms with Crippen LogP contribution in [0.5, 0.6) is 11.5 Å². The molecular formula is C20H26FIN4O2. The Labute approximate surface area is 182 Å². The molecule has 0 amide bonds. The van der Waals surface area contributed by atoms with Crippen molar-refractivity contribution < 1.29 is 13.9 Å². The summed E-state index contributed by atoms with van der Waals surface area (Å²) in [7, 11) is 1.63. The van der Waals surface area contributed by atoms with Gasteiger partial charge in [-0.25, -0.2) is 9.38 Å². The Kier molecular flexibility index (Phi) is 8.62. The van der Waals surface area contributed by atoms with Crippen molar-refractivity contribution in [1.29, 1.82) is 0 Å². The van der Waals surface area contributed by atoms with Gasteiger partial charge in [0.15, 0.2) is 5.96 Å². The van der Waals surface area contributed by atoms with Gasteiger partial charge in [0.05, 0.1) is 13.7 Å². The number of hydrogen-bond acceptors (Lipinski definition) is 4. The van der Waals surface area contributed by atoms with Crippen molar-refractivity contribution in [2.24, 2.45) is 10.7 Å². The number of methoxy groups -OCH3 is 1. The molecule has 8 heteroatoms. The number of hydrogen-bond donors (Lipinski definition) is 1. The molecule has 0 unspecified atom stereocenters. The molecule has 6 nitrogen and oxygen atoms in total. The number of nitrogens with two attached hydrogens (primary N) is 1. The average molecular weight is 500 g/mol. The van der Waals surface area contributed by atoms with Crippen LogP contribution in [-0.2, 0) is 0 Å². The van der Waals surface area contributed by atoms with Crippen molar-refractivity contribution in [3.05, 3.63) is 54.3 Å². The van der Waals surface area contributed by atoms with E-state index in [9.17, 15) is 4.39 Å². The lowest BCUT2D eigenvalue weighted by Crippen LogP contribution is -2.51. The molecular weight excluding hydrogens is 474 g/mol. The molecule has 1 heterocycles. The minimum absolute atomic E-state index is 0. The van der Waals surface area contributed by atoms with Crippen LogP contribution in [-0.4, -0.2) is 57.3 Å². The molecule has 0 aliphatic carbocycles. The van der Waals surface area contributed by atoms with E-state index >= 15 is 0 Å². The van der Waals surface area contributed by atoms with E-state index in [1.54, 1.807) is 19.2 Å². The summed E-state index contributed by atoms with van der Waals surface area (Å²) in [5.41, 5.74) is 7.13. The zero-order valence-corrected chi connectivity index (χ0v) is 18.2. The van der Waals surface area contributed by atoms with Crippen molar-refractivity contribution in [3.63, 3.8) is 0 Å². The number of guanidine groups is 1. The summed E-state index contributed by atoms with van der Waals surface area (Å²) in [5, 5.41) is 0. The predicted octanol–water partition coefficient (Wildman–Crippen LogP) is 2.97. The van der Waals surface area contributed by atoms with E-state index in [-0.39, 0.29) is 29.8 Å². The summed E-state index contributed by atoms with van der Waals surface area (Å²) >= 11 is 0. The quantitative estimate of drug-likeness (QED) is 0.286. The number of nitrogens with zero attached hydrogens (tertiary/aromatic N) is 3. The molecule has 2 N–H and O–H groups in total. The first kappa shape index (κ1) is 22.1.